The number of carbonyl (C=O) groups is 2. The molecule has 0 spiro atoms. The molecule has 1 saturated heterocycles. The SMILES string of the molecule is CCOc1cc([C@H]2C(C(=O)N3CCOCC3)=C(C)NC3=C2C(=O)CC(C)(C)C3)cc(Br)c1OC. The van der Waals surface area contributed by atoms with E-state index in [0.29, 0.717) is 62.0 Å². The first-order chi connectivity index (χ1) is 16.2. The minimum Gasteiger partial charge on any atom is -0.492 e. The molecule has 0 radical (unpaired) electrons. The number of nitrogens with zero attached hydrogens (tertiary/aromatic N) is 1. The van der Waals surface area contributed by atoms with Gasteiger partial charge in [-0.2, -0.15) is 0 Å². The van der Waals surface area contributed by atoms with Gasteiger partial charge in [0.25, 0.3) is 5.91 Å². The first-order valence-corrected chi connectivity index (χ1v) is 12.6. The third-order valence-electron chi connectivity index (χ3n) is 6.64. The highest BCUT2D eigenvalue weighted by Gasteiger charge is 2.44. The van der Waals surface area contributed by atoms with Crippen LogP contribution in [0, 0.1) is 5.41 Å². The number of benzene rings is 1. The van der Waals surface area contributed by atoms with Gasteiger partial charge < -0.3 is 24.4 Å². The van der Waals surface area contributed by atoms with Crippen molar-refractivity contribution in [3.63, 3.8) is 0 Å². The summed E-state index contributed by atoms with van der Waals surface area (Å²) >= 11 is 3.62. The number of carbonyl (C=O) groups excluding carboxylic acids is 2. The molecule has 0 aromatic heterocycles. The average molecular weight is 533 g/mol. The van der Waals surface area contributed by atoms with Gasteiger partial charge in [-0.1, -0.05) is 13.8 Å². The second-order valence-corrected chi connectivity index (χ2v) is 10.7. The Labute approximate surface area is 209 Å². The van der Waals surface area contributed by atoms with Crippen LogP contribution in [0.15, 0.2) is 39.1 Å². The van der Waals surface area contributed by atoms with Gasteiger partial charge in [-0.05, 0) is 59.3 Å². The van der Waals surface area contributed by atoms with Crippen LogP contribution in [-0.4, -0.2) is 56.6 Å². The van der Waals surface area contributed by atoms with Crippen LogP contribution in [0.1, 0.15) is 52.0 Å². The lowest BCUT2D eigenvalue weighted by molar-refractivity contribution is -0.131. The minimum absolute atomic E-state index is 0.0626. The summed E-state index contributed by atoms with van der Waals surface area (Å²) in [5, 5.41) is 3.44. The van der Waals surface area contributed by atoms with Crippen molar-refractivity contribution in [2.75, 3.05) is 40.0 Å². The molecule has 3 aliphatic rings. The summed E-state index contributed by atoms with van der Waals surface area (Å²) in [6, 6.07) is 3.84. The molecule has 184 valence electrons. The van der Waals surface area contributed by atoms with E-state index in [1.165, 1.54) is 0 Å². The molecule has 0 bridgehead atoms. The van der Waals surface area contributed by atoms with E-state index in [2.05, 4.69) is 35.1 Å². The van der Waals surface area contributed by atoms with Gasteiger partial charge in [0.2, 0.25) is 0 Å². The molecule has 1 atom stereocenters. The Kier molecular flexibility index (Phi) is 7.10. The Bertz CT molecular complexity index is 1070. The predicted octanol–water partition coefficient (Wildman–Crippen LogP) is 4.32. The maximum atomic E-state index is 13.8. The number of morpholine rings is 1. The lowest BCUT2D eigenvalue weighted by Crippen LogP contribution is -2.45. The first kappa shape index (κ1) is 24.8. The highest BCUT2D eigenvalue weighted by Crippen LogP contribution is 2.49. The fraction of sp³-hybridized carbons (Fsp3) is 0.538. The van der Waals surface area contributed by atoms with Crippen molar-refractivity contribution < 1.29 is 23.8 Å². The zero-order chi connectivity index (χ0) is 24.6. The Hall–Kier alpha value is -2.32. The summed E-state index contributed by atoms with van der Waals surface area (Å²) in [6.45, 7) is 10.6. The van der Waals surface area contributed by atoms with E-state index in [-0.39, 0.29) is 17.1 Å². The molecule has 1 amide bonds. The van der Waals surface area contributed by atoms with Crippen LogP contribution < -0.4 is 14.8 Å². The second kappa shape index (κ2) is 9.74. The van der Waals surface area contributed by atoms with Crippen molar-refractivity contribution in [1.82, 2.24) is 10.2 Å². The van der Waals surface area contributed by atoms with Crippen LogP contribution in [0.5, 0.6) is 11.5 Å². The van der Waals surface area contributed by atoms with Crippen molar-refractivity contribution in [1.29, 1.82) is 0 Å². The summed E-state index contributed by atoms with van der Waals surface area (Å²) in [5.74, 6) is 0.693. The number of halogens is 1. The van der Waals surface area contributed by atoms with E-state index in [4.69, 9.17) is 14.2 Å². The largest absolute Gasteiger partial charge is 0.492 e. The van der Waals surface area contributed by atoms with Crippen molar-refractivity contribution in [2.45, 2.75) is 46.5 Å². The van der Waals surface area contributed by atoms with E-state index in [0.717, 1.165) is 27.9 Å². The molecule has 1 fully saturated rings. The highest BCUT2D eigenvalue weighted by atomic mass is 79.9. The summed E-state index contributed by atoms with van der Waals surface area (Å²) in [6.07, 6.45) is 1.19. The van der Waals surface area contributed by atoms with Gasteiger partial charge >= 0.3 is 0 Å². The number of dihydropyridines is 1. The Morgan fingerprint density at radius 3 is 2.62 bits per heavy atom. The Balaban J connectivity index is 1.89. The molecule has 1 N–H and O–H groups in total. The molecular weight excluding hydrogens is 500 g/mol. The molecule has 1 aliphatic carbocycles. The van der Waals surface area contributed by atoms with Crippen molar-refractivity contribution >= 4 is 27.6 Å². The molecule has 2 heterocycles. The molecule has 2 aliphatic heterocycles. The topological polar surface area (TPSA) is 77.1 Å². The number of amides is 1. The molecule has 0 unspecified atom stereocenters. The minimum atomic E-state index is -0.489. The van der Waals surface area contributed by atoms with Crippen LogP contribution in [0.2, 0.25) is 0 Å². The summed E-state index contributed by atoms with van der Waals surface area (Å²) in [7, 11) is 1.59. The van der Waals surface area contributed by atoms with E-state index < -0.39 is 5.92 Å². The molecule has 4 rings (SSSR count). The number of methoxy groups -OCH3 is 1. The lowest BCUT2D eigenvalue weighted by atomic mass is 9.68. The van der Waals surface area contributed by atoms with E-state index in [9.17, 15) is 9.59 Å². The first-order valence-electron chi connectivity index (χ1n) is 11.8. The monoisotopic (exact) mass is 532 g/mol. The van der Waals surface area contributed by atoms with Crippen LogP contribution in [0.25, 0.3) is 0 Å². The standard InChI is InChI=1S/C26H33BrN2O5/c1-6-34-20-12-16(11-17(27)24(20)32-5)22-21(25(31)29-7-9-33-10-8-29)15(2)28-18-13-26(3,4)14-19(30)23(18)22/h11-12,22,28H,6-10,13-14H2,1-5H3/t22-/m0/s1. The van der Waals surface area contributed by atoms with Gasteiger partial charge in [0.15, 0.2) is 17.3 Å². The third kappa shape index (κ3) is 4.62. The number of ketones is 1. The third-order valence-corrected chi connectivity index (χ3v) is 7.23. The number of hydrogen-bond acceptors (Lipinski definition) is 6. The fourth-order valence-corrected chi connectivity index (χ4v) is 5.83. The average Bonchev–Trinajstić information content (AvgIpc) is 2.77. The molecule has 8 heteroatoms. The molecule has 7 nitrogen and oxygen atoms in total. The maximum absolute atomic E-state index is 13.8. The van der Waals surface area contributed by atoms with Gasteiger partial charge in [0.1, 0.15) is 0 Å². The normalized spacial score (nSPS) is 22.4. The number of rotatable bonds is 5. The van der Waals surface area contributed by atoms with Gasteiger partial charge in [-0.25, -0.2) is 0 Å². The molecule has 1 aromatic carbocycles. The van der Waals surface area contributed by atoms with Gasteiger partial charge in [0, 0.05) is 48.0 Å². The molecule has 1 aromatic rings. The number of Topliss-reactive ketones (excluding diaryl/α,β-unsaturated/α-hetero) is 1. The fourth-order valence-electron chi connectivity index (χ4n) is 5.21. The van der Waals surface area contributed by atoms with Crippen LogP contribution in [0.4, 0.5) is 0 Å². The zero-order valence-corrected chi connectivity index (χ0v) is 22.1. The second-order valence-electron chi connectivity index (χ2n) is 9.80. The zero-order valence-electron chi connectivity index (χ0n) is 20.5. The Morgan fingerprint density at radius 1 is 1.26 bits per heavy atom. The molecule has 0 saturated carbocycles. The predicted molar refractivity (Wildman–Crippen MR) is 133 cm³/mol. The maximum Gasteiger partial charge on any atom is 0.252 e. The molecule has 34 heavy (non-hydrogen) atoms. The van der Waals surface area contributed by atoms with Crippen molar-refractivity contribution in [3.05, 3.63) is 44.7 Å². The number of ether oxygens (including phenoxy) is 3. The van der Waals surface area contributed by atoms with E-state index in [1.807, 2.05) is 30.9 Å². The van der Waals surface area contributed by atoms with Gasteiger partial charge in [-0.15, -0.1) is 0 Å². The van der Waals surface area contributed by atoms with E-state index in [1.54, 1.807) is 7.11 Å². The number of nitrogens with one attached hydrogen (secondary N) is 1. The van der Waals surface area contributed by atoms with Crippen LogP contribution in [-0.2, 0) is 14.3 Å². The van der Waals surface area contributed by atoms with Crippen LogP contribution >= 0.6 is 15.9 Å². The summed E-state index contributed by atoms with van der Waals surface area (Å²) < 4.78 is 17.6. The Morgan fingerprint density at radius 2 is 1.97 bits per heavy atom. The lowest BCUT2D eigenvalue weighted by Gasteiger charge is -2.41. The smallest absolute Gasteiger partial charge is 0.252 e. The highest BCUT2D eigenvalue weighted by molar-refractivity contribution is 9.10. The van der Waals surface area contributed by atoms with Gasteiger partial charge in [0.05, 0.1) is 31.4 Å². The van der Waals surface area contributed by atoms with Gasteiger partial charge in [-0.3, -0.25) is 9.59 Å². The van der Waals surface area contributed by atoms with Crippen LogP contribution in [0.3, 0.4) is 0 Å². The van der Waals surface area contributed by atoms with Crippen molar-refractivity contribution in [3.8, 4) is 11.5 Å². The van der Waals surface area contributed by atoms with Crippen molar-refractivity contribution in [2.24, 2.45) is 5.41 Å². The molecular formula is C26H33BrN2O5. The quantitative estimate of drug-likeness (QED) is 0.608. The number of hydrogen-bond donors (Lipinski definition) is 1. The van der Waals surface area contributed by atoms with E-state index >= 15 is 0 Å². The number of allylic oxidation sites excluding steroid dienone is 3. The summed E-state index contributed by atoms with van der Waals surface area (Å²) in [4.78, 5) is 29.2. The summed E-state index contributed by atoms with van der Waals surface area (Å²) in [5.41, 5.74) is 3.67.